The van der Waals surface area contributed by atoms with Crippen LogP contribution in [0.15, 0.2) is 121 Å². The highest BCUT2D eigenvalue weighted by atomic mass is 16.5. The van der Waals surface area contributed by atoms with Crippen LogP contribution >= 0.6 is 0 Å². The lowest BCUT2D eigenvalue weighted by Gasteiger charge is -2.23. The van der Waals surface area contributed by atoms with Gasteiger partial charge in [-0.05, 0) is 78.9 Å². The van der Waals surface area contributed by atoms with Crippen molar-refractivity contribution in [1.29, 1.82) is 0 Å². The Morgan fingerprint density at radius 3 is 0.800 bits per heavy atom. The summed E-state index contributed by atoms with van der Waals surface area (Å²) >= 11 is 0. The normalized spacial score (nSPS) is 11.2. The first-order valence-electron chi connectivity index (χ1n) is 16.6. The molecule has 0 fully saturated rings. The van der Waals surface area contributed by atoms with Gasteiger partial charge >= 0.3 is 0 Å². The minimum atomic E-state index is 0.533. The summed E-state index contributed by atoms with van der Waals surface area (Å²) in [7, 11) is 6.83. The fourth-order valence-electron chi connectivity index (χ4n) is 6.65. The van der Waals surface area contributed by atoms with Crippen LogP contribution in [0, 0.1) is 0 Å². The highest BCUT2D eigenvalue weighted by Crippen LogP contribution is 2.49. The van der Waals surface area contributed by atoms with E-state index in [2.05, 4.69) is 109 Å². The quantitative estimate of drug-likeness (QED) is 0.120. The molecule has 0 aliphatic carbocycles. The van der Waals surface area contributed by atoms with Crippen molar-refractivity contribution in [3.8, 4) is 55.6 Å². The second-order valence-electron chi connectivity index (χ2n) is 12.4. The van der Waals surface area contributed by atoms with Gasteiger partial charge in [-0.3, -0.25) is 0 Å². The van der Waals surface area contributed by atoms with Gasteiger partial charge in [-0.15, -0.1) is 0 Å². The minimum Gasteiger partial charge on any atom is -0.398 e. The van der Waals surface area contributed by atoms with E-state index in [1.807, 2.05) is 12.1 Å². The van der Waals surface area contributed by atoms with Crippen molar-refractivity contribution in [1.82, 2.24) is 0 Å². The summed E-state index contributed by atoms with van der Waals surface area (Å²) in [5, 5.41) is 0. The third-order valence-electron chi connectivity index (χ3n) is 8.98. The third-order valence-corrected chi connectivity index (χ3v) is 8.98. The molecule has 0 aliphatic heterocycles. The van der Waals surface area contributed by atoms with Gasteiger partial charge in [-0.25, -0.2) is 0 Å². The van der Waals surface area contributed by atoms with Gasteiger partial charge in [0, 0.05) is 50.9 Å². The molecule has 254 valence electrons. The molecule has 6 aromatic carbocycles. The van der Waals surface area contributed by atoms with Crippen molar-refractivity contribution in [2.45, 2.75) is 26.4 Å². The van der Waals surface area contributed by atoms with Gasteiger partial charge < -0.3 is 30.4 Å². The van der Waals surface area contributed by atoms with Crippen LogP contribution in [0.2, 0.25) is 0 Å². The molecule has 50 heavy (non-hydrogen) atoms. The zero-order chi connectivity index (χ0) is 35.0. The maximum absolute atomic E-state index is 6.90. The Morgan fingerprint density at radius 2 is 0.560 bits per heavy atom. The van der Waals surface area contributed by atoms with E-state index in [4.69, 9.17) is 30.4 Å². The topological polar surface area (TPSA) is 89.0 Å². The van der Waals surface area contributed by atoms with Crippen molar-refractivity contribution in [3.63, 3.8) is 0 Å². The molecular formula is C44H44N2O4. The van der Waals surface area contributed by atoms with E-state index in [1.165, 1.54) is 0 Å². The van der Waals surface area contributed by atoms with E-state index in [0.717, 1.165) is 77.9 Å². The molecule has 0 aromatic heterocycles. The van der Waals surface area contributed by atoms with Crippen LogP contribution in [-0.4, -0.2) is 28.4 Å². The van der Waals surface area contributed by atoms with Crippen molar-refractivity contribution in [3.05, 3.63) is 144 Å². The van der Waals surface area contributed by atoms with Gasteiger partial charge in [0.25, 0.3) is 0 Å². The molecule has 6 heteroatoms. The zero-order valence-electron chi connectivity index (χ0n) is 29.2. The van der Waals surface area contributed by atoms with E-state index in [9.17, 15) is 0 Å². The van der Waals surface area contributed by atoms with Crippen molar-refractivity contribution >= 4 is 11.4 Å². The van der Waals surface area contributed by atoms with Crippen LogP contribution in [0.25, 0.3) is 55.6 Å². The molecule has 6 rings (SSSR count). The van der Waals surface area contributed by atoms with E-state index in [0.29, 0.717) is 37.8 Å². The number of methoxy groups -OCH3 is 4. The standard InChI is InChI=1S/C44H44N2O4/c1-47-25-29-5-13-33(14-6-29)41-37(21-23-39(45)43(41)35-17-9-31(10-18-35)27-49-3)38-22-24-40(46)44(36-19-11-32(12-20-36)28-50-4)42(38)34-15-7-30(8-16-34)26-48-2/h5-24H,25-28,45-46H2,1-4H3. The molecule has 0 bridgehead atoms. The molecule has 0 spiro atoms. The van der Waals surface area contributed by atoms with Gasteiger partial charge in [0.1, 0.15) is 0 Å². The lowest BCUT2D eigenvalue weighted by Crippen LogP contribution is -2.01. The number of nitrogen functional groups attached to an aromatic ring is 2. The Morgan fingerprint density at radius 1 is 0.320 bits per heavy atom. The number of anilines is 2. The first-order chi connectivity index (χ1) is 24.4. The summed E-state index contributed by atoms with van der Waals surface area (Å²) in [5.41, 5.74) is 29.8. The predicted octanol–water partition coefficient (Wildman–Crippen LogP) is 9.77. The first-order valence-corrected chi connectivity index (χ1v) is 16.6. The molecule has 0 heterocycles. The van der Waals surface area contributed by atoms with Crippen LogP contribution in [0.4, 0.5) is 11.4 Å². The van der Waals surface area contributed by atoms with E-state index < -0.39 is 0 Å². The van der Waals surface area contributed by atoms with Crippen molar-refractivity contribution < 1.29 is 18.9 Å². The molecule has 4 N–H and O–H groups in total. The molecule has 0 saturated carbocycles. The smallest absolute Gasteiger partial charge is 0.0713 e. The molecule has 0 atom stereocenters. The lowest BCUT2D eigenvalue weighted by molar-refractivity contribution is 0.185. The first kappa shape index (κ1) is 34.6. The molecule has 0 amide bonds. The van der Waals surface area contributed by atoms with Gasteiger partial charge in [-0.2, -0.15) is 0 Å². The summed E-state index contributed by atoms with van der Waals surface area (Å²) in [6.07, 6.45) is 0. The Bertz CT molecular complexity index is 1890. The van der Waals surface area contributed by atoms with Gasteiger partial charge in [0.15, 0.2) is 0 Å². The highest BCUT2D eigenvalue weighted by molar-refractivity contribution is 6.06. The van der Waals surface area contributed by atoms with Crippen molar-refractivity contribution in [2.75, 3.05) is 39.9 Å². The number of rotatable bonds is 13. The zero-order valence-corrected chi connectivity index (χ0v) is 29.2. The van der Waals surface area contributed by atoms with Crippen LogP contribution in [0.5, 0.6) is 0 Å². The fourth-order valence-corrected chi connectivity index (χ4v) is 6.65. The number of hydrogen-bond acceptors (Lipinski definition) is 6. The summed E-state index contributed by atoms with van der Waals surface area (Å²) in [5.74, 6) is 0. The fraction of sp³-hybridized carbons (Fsp3) is 0.182. The Kier molecular flexibility index (Phi) is 11.1. The summed E-state index contributed by atoms with van der Waals surface area (Å²) in [4.78, 5) is 0. The highest BCUT2D eigenvalue weighted by Gasteiger charge is 2.23. The van der Waals surface area contributed by atoms with Gasteiger partial charge in [-0.1, -0.05) is 109 Å². The third kappa shape index (κ3) is 7.34. The number of benzene rings is 6. The Balaban J connectivity index is 1.66. The number of hydrogen-bond donors (Lipinski definition) is 2. The maximum atomic E-state index is 6.90. The minimum absolute atomic E-state index is 0.533. The van der Waals surface area contributed by atoms with E-state index in [-0.39, 0.29) is 0 Å². The maximum Gasteiger partial charge on any atom is 0.0713 e. The Labute approximate surface area is 295 Å². The Hall–Kier alpha value is -5.24. The average Bonchev–Trinajstić information content (AvgIpc) is 3.14. The molecule has 0 unspecified atom stereocenters. The second-order valence-corrected chi connectivity index (χ2v) is 12.4. The van der Waals surface area contributed by atoms with Crippen molar-refractivity contribution in [2.24, 2.45) is 0 Å². The second kappa shape index (κ2) is 16.0. The molecular weight excluding hydrogens is 620 g/mol. The predicted molar refractivity (Wildman–Crippen MR) is 205 cm³/mol. The number of ether oxygens (including phenoxy) is 4. The summed E-state index contributed by atoms with van der Waals surface area (Å²) in [6.45, 7) is 2.14. The largest absolute Gasteiger partial charge is 0.398 e. The van der Waals surface area contributed by atoms with E-state index in [1.54, 1.807) is 28.4 Å². The molecule has 0 radical (unpaired) electrons. The van der Waals surface area contributed by atoms with Crippen LogP contribution in [0.3, 0.4) is 0 Å². The van der Waals surface area contributed by atoms with Crippen LogP contribution < -0.4 is 11.5 Å². The van der Waals surface area contributed by atoms with Gasteiger partial charge in [0.2, 0.25) is 0 Å². The monoisotopic (exact) mass is 664 g/mol. The van der Waals surface area contributed by atoms with Crippen LogP contribution in [0.1, 0.15) is 22.3 Å². The average molecular weight is 665 g/mol. The summed E-state index contributed by atoms with van der Waals surface area (Å²) < 4.78 is 21.6. The van der Waals surface area contributed by atoms with Crippen LogP contribution in [-0.2, 0) is 45.4 Å². The molecule has 6 nitrogen and oxygen atoms in total. The summed E-state index contributed by atoms with van der Waals surface area (Å²) in [6, 6.07) is 42.2. The molecule has 0 aliphatic rings. The SMILES string of the molecule is COCc1ccc(-c2c(N)ccc(-c3ccc(N)c(-c4ccc(COC)cc4)c3-c3ccc(COC)cc3)c2-c2ccc(COC)cc2)cc1. The molecule has 6 aromatic rings. The number of nitrogens with two attached hydrogens (primary N) is 2. The van der Waals surface area contributed by atoms with E-state index >= 15 is 0 Å². The molecule has 0 saturated heterocycles. The lowest BCUT2D eigenvalue weighted by atomic mass is 9.81. The van der Waals surface area contributed by atoms with Gasteiger partial charge in [0.05, 0.1) is 26.4 Å².